The van der Waals surface area contributed by atoms with Crippen LogP contribution in [0.4, 0.5) is 5.69 Å². The molecule has 0 bridgehead atoms. The molecular formula is C26H26ClN5O3S. The Morgan fingerprint density at radius 1 is 1.03 bits per heavy atom. The van der Waals surface area contributed by atoms with Crippen LogP contribution in [0.25, 0.3) is 16.7 Å². The summed E-state index contributed by atoms with van der Waals surface area (Å²) in [5, 5.41) is 15.2. The lowest BCUT2D eigenvalue weighted by atomic mass is 10.1. The van der Waals surface area contributed by atoms with E-state index >= 15 is 0 Å². The maximum Gasteiger partial charge on any atom is 0.261 e. The average Bonchev–Trinajstić information content (AvgIpc) is 3.30. The minimum Gasteiger partial charge on any atom is -0.497 e. The first-order valence-electron chi connectivity index (χ1n) is 11.4. The number of halogens is 1. The van der Waals surface area contributed by atoms with Gasteiger partial charge in [0.2, 0.25) is 0 Å². The number of amides is 1. The van der Waals surface area contributed by atoms with E-state index < -0.39 is 5.91 Å². The molecule has 8 nitrogen and oxygen atoms in total. The lowest BCUT2D eigenvalue weighted by Crippen LogP contribution is -2.34. The molecule has 0 aliphatic carbocycles. The number of benzene rings is 3. The largest absolute Gasteiger partial charge is 0.497 e. The molecule has 3 aromatic carbocycles. The molecule has 1 heterocycles. The van der Waals surface area contributed by atoms with Crippen LogP contribution in [0.2, 0.25) is 5.02 Å². The molecule has 1 aromatic heterocycles. The van der Waals surface area contributed by atoms with Crippen LogP contribution in [0.1, 0.15) is 35.7 Å². The summed E-state index contributed by atoms with van der Waals surface area (Å²) in [4.78, 5) is 14.3. The zero-order valence-corrected chi connectivity index (χ0v) is 21.7. The van der Waals surface area contributed by atoms with Gasteiger partial charge >= 0.3 is 0 Å². The molecule has 0 saturated carbocycles. The van der Waals surface area contributed by atoms with Crippen LogP contribution in [-0.4, -0.2) is 40.2 Å². The number of unbranched alkanes of at least 4 members (excludes halogenated alkanes) is 1. The summed E-state index contributed by atoms with van der Waals surface area (Å²) in [6, 6.07) is 16.5. The molecule has 10 heteroatoms. The molecule has 2 N–H and O–H groups in total. The van der Waals surface area contributed by atoms with Gasteiger partial charge in [-0.15, -0.1) is 10.2 Å². The fourth-order valence-electron chi connectivity index (χ4n) is 3.64. The second-order valence-corrected chi connectivity index (χ2v) is 8.87. The summed E-state index contributed by atoms with van der Waals surface area (Å²) in [7, 11) is 3.02. The van der Waals surface area contributed by atoms with Gasteiger partial charge in [0.1, 0.15) is 22.5 Å². The third kappa shape index (κ3) is 5.75. The van der Waals surface area contributed by atoms with Gasteiger partial charge in [-0.3, -0.25) is 10.1 Å². The van der Waals surface area contributed by atoms with E-state index in [1.54, 1.807) is 35.1 Å². The van der Waals surface area contributed by atoms with Gasteiger partial charge in [-0.25, -0.2) is 0 Å². The van der Waals surface area contributed by atoms with Crippen molar-refractivity contribution in [1.82, 2.24) is 20.3 Å². The Morgan fingerprint density at radius 3 is 2.42 bits per heavy atom. The quantitative estimate of drug-likeness (QED) is 0.292. The molecule has 4 aromatic rings. The minimum atomic E-state index is -0.433. The van der Waals surface area contributed by atoms with Gasteiger partial charge < -0.3 is 14.8 Å². The number of ether oxygens (including phenoxy) is 2. The fourth-order valence-corrected chi connectivity index (χ4v) is 4.04. The number of carbonyl (C=O) groups is 1. The fraction of sp³-hybridized carbons (Fsp3) is 0.231. The topological polar surface area (TPSA) is 90.3 Å². The van der Waals surface area contributed by atoms with Crippen molar-refractivity contribution in [1.29, 1.82) is 0 Å². The van der Waals surface area contributed by atoms with Crippen LogP contribution in [0.3, 0.4) is 0 Å². The number of aromatic nitrogens is 3. The number of anilines is 1. The number of carbonyl (C=O) groups excluding carboxylic acids is 1. The molecule has 0 radical (unpaired) electrons. The molecule has 0 spiro atoms. The molecule has 1 amide bonds. The van der Waals surface area contributed by atoms with E-state index in [0.29, 0.717) is 38.8 Å². The van der Waals surface area contributed by atoms with Gasteiger partial charge in [0.15, 0.2) is 5.11 Å². The van der Waals surface area contributed by atoms with Crippen LogP contribution in [0.5, 0.6) is 11.5 Å². The Morgan fingerprint density at radius 2 is 1.75 bits per heavy atom. The monoisotopic (exact) mass is 523 g/mol. The van der Waals surface area contributed by atoms with Crippen LogP contribution in [-0.2, 0) is 6.42 Å². The van der Waals surface area contributed by atoms with Crippen molar-refractivity contribution in [2.75, 3.05) is 19.5 Å². The maximum atomic E-state index is 12.7. The van der Waals surface area contributed by atoms with Crippen LogP contribution in [0.15, 0.2) is 54.6 Å². The third-order valence-corrected chi connectivity index (χ3v) is 6.10. The summed E-state index contributed by atoms with van der Waals surface area (Å²) < 4.78 is 10.5. The van der Waals surface area contributed by atoms with E-state index in [4.69, 9.17) is 33.3 Å². The van der Waals surface area contributed by atoms with E-state index in [2.05, 4.69) is 39.9 Å². The second-order valence-electron chi connectivity index (χ2n) is 8.05. The summed E-state index contributed by atoms with van der Waals surface area (Å²) in [6.07, 6.45) is 3.37. The number of fused-ring (bicyclic) bond motifs is 1. The number of hydrogen-bond donors (Lipinski definition) is 2. The molecular weight excluding hydrogens is 498 g/mol. The van der Waals surface area contributed by atoms with Gasteiger partial charge in [-0.05, 0) is 67.0 Å². The highest BCUT2D eigenvalue weighted by atomic mass is 35.5. The van der Waals surface area contributed by atoms with E-state index in [-0.39, 0.29) is 5.11 Å². The molecule has 0 fully saturated rings. The number of nitrogens with one attached hydrogen (secondary N) is 2. The van der Waals surface area contributed by atoms with Crippen molar-refractivity contribution in [3.8, 4) is 17.2 Å². The van der Waals surface area contributed by atoms with Crippen molar-refractivity contribution >= 4 is 51.6 Å². The first-order valence-corrected chi connectivity index (χ1v) is 12.2. The van der Waals surface area contributed by atoms with E-state index in [0.717, 1.165) is 24.9 Å². The molecule has 4 rings (SSSR count). The molecule has 36 heavy (non-hydrogen) atoms. The SMILES string of the molecule is CCCCc1ccc(-n2nc3cc(Cl)c(NC(=S)NC(=O)c4ccc(OC)cc4OC)cc3n2)cc1. The molecule has 0 atom stereocenters. The van der Waals surface area contributed by atoms with E-state index in [9.17, 15) is 4.79 Å². The number of aryl methyl sites for hydroxylation is 1. The first kappa shape index (κ1) is 25.4. The lowest BCUT2D eigenvalue weighted by Gasteiger charge is -2.13. The molecule has 0 aliphatic rings. The number of hydrogen-bond acceptors (Lipinski definition) is 6. The number of thiocarbonyl (C=S) groups is 1. The summed E-state index contributed by atoms with van der Waals surface area (Å²) in [6.45, 7) is 2.18. The van der Waals surface area contributed by atoms with Crippen molar-refractivity contribution in [3.05, 3.63) is 70.7 Å². The number of methoxy groups -OCH3 is 2. The highest BCUT2D eigenvalue weighted by molar-refractivity contribution is 7.80. The van der Waals surface area contributed by atoms with E-state index in [1.807, 2.05) is 12.1 Å². The number of nitrogens with zero attached hydrogens (tertiary/aromatic N) is 3. The third-order valence-electron chi connectivity index (χ3n) is 5.58. The first-order chi connectivity index (χ1) is 17.4. The highest BCUT2D eigenvalue weighted by Gasteiger charge is 2.16. The summed E-state index contributed by atoms with van der Waals surface area (Å²) >= 11 is 11.8. The predicted octanol–water partition coefficient (Wildman–Crippen LogP) is 5.56. The standard InChI is InChI=1S/C26H26ClN5O3S/c1-4-5-6-16-7-9-17(10-8-16)32-30-22-14-20(27)21(15-23(22)31-32)28-26(36)29-25(33)19-12-11-18(34-2)13-24(19)35-3/h7-15H,4-6H2,1-3H3,(H2,28,29,33,36). The van der Waals surface area contributed by atoms with Gasteiger partial charge in [-0.1, -0.05) is 37.1 Å². The Balaban J connectivity index is 1.49. The lowest BCUT2D eigenvalue weighted by molar-refractivity contribution is 0.0974. The maximum absolute atomic E-state index is 12.7. The van der Waals surface area contributed by atoms with Gasteiger partial charge in [0, 0.05) is 6.07 Å². The van der Waals surface area contributed by atoms with Gasteiger partial charge in [-0.2, -0.15) is 4.80 Å². The van der Waals surface area contributed by atoms with Crippen molar-refractivity contribution in [2.24, 2.45) is 0 Å². The van der Waals surface area contributed by atoms with Crippen LogP contribution in [0, 0.1) is 0 Å². The second kappa shape index (κ2) is 11.4. The zero-order chi connectivity index (χ0) is 25.7. The Labute approximate surface area is 219 Å². The van der Waals surface area contributed by atoms with Crippen molar-refractivity contribution in [3.63, 3.8) is 0 Å². The Bertz CT molecular complexity index is 1400. The average molecular weight is 524 g/mol. The predicted molar refractivity (Wildman–Crippen MR) is 146 cm³/mol. The molecule has 186 valence electrons. The Hall–Kier alpha value is -3.69. The smallest absolute Gasteiger partial charge is 0.261 e. The zero-order valence-electron chi connectivity index (χ0n) is 20.2. The summed E-state index contributed by atoms with van der Waals surface area (Å²) in [5.74, 6) is 0.506. The van der Waals surface area contributed by atoms with Crippen LogP contribution < -0.4 is 20.1 Å². The van der Waals surface area contributed by atoms with Crippen molar-refractivity contribution in [2.45, 2.75) is 26.2 Å². The van der Waals surface area contributed by atoms with Gasteiger partial charge in [0.05, 0.1) is 36.2 Å². The number of rotatable bonds is 8. The minimum absolute atomic E-state index is 0.0779. The normalized spacial score (nSPS) is 10.8. The molecule has 0 aliphatic heterocycles. The highest BCUT2D eigenvalue weighted by Crippen LogP contribution is 2.28. The molecule has 0 saturated heterocycles. The van der Waals surface area contributed by atoms with Crippen LogP contribution >= 0.6 is 23.8 Å². The van der Waals surface area contributed by atoms with Crippen molar-refractivity contribution < 1.29 is 14.3 Å². The summed E-state index contributed by atoms with van der Waals surface area (Å²) in [5.41, 5.74) is 4.22. The molecule has 0 unspecified atom stereocenters. The Kier molecular flexibility index (Phi) is 8.02. The van der Waals surface area contributed by atoms with Gasteiger partial charge in [0.25, 0.3) is 5.91 Å². The van der Waals surface area contributed by atoms with E-state index in [1.165, 1.54) is 19.8 Å².